The Morgan fingerprint density at radius 3 is 2.65 bits per heavy atom. The Morgan fingerprint density at radius 2 is 1.90 bits per heavy atom. The molecule has 0 spiro atoms. The molecule has 0 aliphatic rings. The first-order valence-corrected chi connectivity index (χ1v) is 5.97. The van der Waals surface area contributed by atoms with Crippen LogP contribution in [0.1, 0.15) is 5.69 Å². The molecule has 0 fully saturated rings. The number of nitrogen functional groups attached to an aromatic ring is 1. The van der Waals surface area contributed by atoms with Crippen LogP contribution < -0.4 is 5.73 Å². The van der Waals surface area contributed by atoms with Crippen molar-refractivity contribution >= 4 is 5.69 Å². The molecule has 0 aliphatic heterocycles. The lowest BCUT2D eigenvalue weighted by Gasteiger charge is -2.00. The highest BCUT2D eigenvalue weighted by Crippen LogP contribution is 2.28. The number of rotatable bonds is 2. The van der Waals surface area contributed by atoms with Gasteiger partial charge in [0.25, 0.3) is 5.89 Å². The Labute approximate surface area is 114 Å². The molecule has 0 aliphatic carbocycles. The van der Waals surface area contributed by atoms with E-state index in [-0.39, 0.29) is 17.1 Å². The third kappa shape index (κ3) is 2.11. The highest BCUT2D eigenvalue weighted by molar-refractivity contribution is 5.71. The SMILES string of the molecule is Cc1cccc(-c2noc(-c3c(N)cccc3F)n2)n1. The standard InChI is InChI=1S/C14H11FN4O/c1-8-4-2-7-11(17-8)13-18-14(20-19-13)12-9(15)5-3-6-10(12)16/h2-7H,16H2,1H3. The van der Waals surface area contributed by atoms with Gasteiger partial charge in [0.15, 0.2) is 0 Å². The number of pyridine rings is 1. The van der Waals surface area contributed by atoms with Crippen molar-refractivity contribution in [3.8, 4) is 23.0 Å². The first-order chi connectivity index (χ1) is 9.65. The fourth-order valence-corrected chi connectivity index (χ4v) is 1.86. The van der Waals surface area contributed by atoms with Gasteiger partial charge in [0.2, 0.25) is 5.82 Å². The molecule has 0 unspecified atom stereocenters. The monoisotopic (exact) mass is 270 g/mol. The average molecular weight is 270 g/mol. The fourth-order valence-electron chi connectivity index (χ4n) is 1.86. The molecule has 6 heteroatoms. The zero-order valence-corrected chi connectivity index (χ0v) is 10.7. The van der Waals surface area contributed by atoms with Crippen molar-refractivity contribution in [3.05, 3.63) is 47.9 Å². The number of benzene rings is 1. The second kappa shape index (κ2) is 4.73. The summed E-state index contributed by atoms with van der Waals surface area (Å²) in [5.41, 5.74) is 7.50. The van der Waals surface area contributed by atoms with Crippen LogP contribution in [0, 0.1) is 12.7 Å². The van der Waals surface area contributed by atoms with Gasteiger partial charge in [-0.15, -0.1) is 0 Å². The van der Waals surface area contributed by atoms with Crippen molar-refractivity contribution in [1.29, 1.82) is 0 Å². The van der Waals surface area contributed by atoms with E-state index in [1.807, 2.05) is 19.1 Å². The number of nitrogens with zero attached hydrogens (tertiary/aromatic N) is 3. The molecule has 3 rings (SSSR count). The molecule has 3 aromatic rings. The van der Waals surface area contributed by atoms with Crippen molar-refractivity contribution < 1.29 is 8.91 Å². The maximum absolute atomic E-state index is 13.8. The Hall–Kier alpha value is -2.76. The van der Waals surface area contributed by atoms with Gasteiger partial charge in [0.1, 0.15) is 11.5 Å². The van der Waals surface area contributed by atoms with E-state index in [0.29, 0.717) is 11.5 Å². The number of nitrogens with two attached hydrogens (primary N) is 1. The molecule has 2 N–H and O–H groups in total. The molecule has 100 valence electrons. The normalized spacial score (nSPS) is 10.7. The van der Waals surface area contributed by atoms with Crippen molar-refractivity contribution in [2.45, 2.75) is 6.92 Å². The van der Waals surface area contributed by atoms with E-state index >= 15 is 0 Å². The van der Waals surface area contributed by atoms with E-state index in [1.54, 1.807) is 12.1 Å². The highest BCUT2D eigenvalue weighted by atomic mass is 19.1. The van der Waals surface area contributed by atoms with Crippen LogP contribution in [-0.2, 0) is 0 Å². The van der Waals surface area contributed by atoms with E-state index in [4.69, 9.17) is 10.3 Å². The summed E-state index contributed by atoms with van der Waals surface area (Å²) < 4.78 is 18.9. The van der Waals surface area contributed by atoms with Gasteiger partial charge in [-0.3, -0.25) is 0 Å². The van der Waals surface area contributed by atoms with Gasteiger partial charge < -0.3 is 10.3 Å². The zero-order chi connectivity index (χ0) is 14.1. The summed E-state index contributed by atoms with van der Waals surface area (Å²) in [5, 5.41) is 3.82. The molecular weight excluding hydrogens is 259 g/mol. The summed E-state index contributed by atoms with van der Waals surface area (Å²) in [7, 11) is 0. The molecule has 20 heavy (non-hydrogen) atoms. The molecule has 0 bridgehead atoms. The van der Waals surface area contributed by atoms with Gasteiger partial charge in [-0.25, -0.2) is 9.37 Å². The zero-order valence-electron chi connectivity index (χ0n) is 10.7. The molecule has 5 nitrogen and oxygen atoms in total. The summed E-state index contributed by atoms with van der Waals surface area (Å²) in [6.45, 7) is 1.86. The molecule has 0 amide bonds. The van der Waals surface area contributed by atoms with Crippen LogP contribution in [0.2, 0.25) is 0 Å². The molecule has 2 heterocycles. The number of halogens is 1. The smallest absolute Gasteiger partial charge is 0.263 e. The van der Waals surface area contributed by atoms with Crippen LogP contribution in [0.25, 0.3) is 23.0 Å². The van der Waals surface area contributed by atoms with E-state index in [9.17, 15) is 4.39 Å². The summed E-state index contributed by atoms with van der Waals surface area (Å²) in [6.07, 6.45) is 0. The molecule has 0 radical (unpaired) electrons. The van der Waals surface area contributed by atoms with E-state index < -0.39 is 5.82 Å². The quantitative estimate of drug-likeness (QED) is 0.724. The molecule has 2 aromatic heterocycles. The van der Waals surface area contributed by atoms with Gasteiger partial charge in [-0.1, -0.05) is 17.3 Å². The van der Waals surface area contributed by atoms with Crippen molar-refractivity contribution in [2.24, 2.45) is 0 Å². The third-order valence-electron chi connectivity index (χ3n) is 2.80. The lowest BCUT2D eigenvalue weighted by atomic mass is 10.1. The van der Waals surface area contributed by atoms with Crippen LogP contribution in [0.4, 0.5) is 10.1 Å². The minimum atomic E-state index is -0.502. The largest absolute Gasteiger partial charge is 0.398 e. The maximum Gasteiger partial charge on any atom is 0.263 e. The Balaban J connectivity index is 2.07. The Kier molecular flexibility index (Phi) is 2.90. The number of aromatic nitrogens is 3. The van der Waals surface area contributed by atoms with Gasteiger partial charge in [-0.05, 0) is 31.2 Å². The Bertz CT molecular complexity index is 749. The molecule has 1 aromatic carbocycles. The summed E-state index contributed by atoms with van der Waals surface area (Å²) in [4.78, 5) is 8.44. The summed E-state index contributed by atoms with van der Waals surface area (Å²) >= 11 is 0. The van der Waals surface area contributed by atoms with Gasteiger partial charge in [-0.2, -0.15) is 4.98 Å². The first kappa shape index (κ1) is 12.3. The second-order valence-corrected chi connectivity index (χ2v) is 4.29. The van der Waals surface area contributed by atoms with Crippen molar-refractivity contribution in [2.75, 3.05) is 5.73 Å². The predicted molar refractivity (Wildman–Crippen MR) is 72.1 cm³/mol. The van der Waals surface area contributed by atoms with E-state index in [0.717, 1.165) is 5.69 Å². The Morgan fingerprint density at radius 1 is 1.10 bits per heavy atom. The lowest BCUT2D eigenvalue weighted by molar-refractivity contribution is 0.429. The molecular formula is C14H11FN4O. The molecule has 0 atom stereocenters. The van der Waals surface area contributed by atoms with Crippen LogP contribution in [0.5, 0.6) is 0 Å². The van der Waals surface area contributed by atoms with Crippen LogP contribution >= 0.6 is 0 Å². The summed E-state index contributed by atoms with van der Waals surface area (Å²) in [6, 6.07) is 9.85. The number of aryl methyl sites for hydroxylation is 1. The average Bonchev–Trinajstić information content (AvgIpc) is 2.88. The first-order valence-electron chi connectivity index (χ1n) is 5.97. The van der Waals surface area contributed by atoms with E-state index in [2.05, 4.69) is 15.1 Å². The maximum atomic E-state index is 13.8. The van der Waals surface area contributed by atoms with Crippen molar-refractivity contribution in [1.82, 2.24) is 15.1 Å². The topological polar surface area (TPSA) is 77.8 Å². The summed E-state index contributed by atoms with van der Waals surface area (Å²) in [5.74, 6) is -0.164. The third-order valence-corrected chi connectivity index (χ3v) is 2.80. The molecule has 0 saturated heterocycles. The minimum Gasteiger partial charge on any atom is -0.398 e. The predicted octanol–water partition coefficient (Wildman–Crippen LogP) is 2.83. The van der Waals surface area contributed by atoms with Gasteiger partial charge >= 0.3 is 0 Å². The lowest BCUT2D eigenvalue weighted by Crippen LogP contribution is -1.93. The molecule has 0 saturated carbocycles. The number of hydrogen-bond donors (Lipinski definition) is 1. The van der Waals surface area contributed by atoms with E-state index in [1.165, 1.54) is 12.1 Å². The van der Waals surface area contributed by atoms with Gasteiger partial charge in [0, 0.05) is 11.4 Å². The van der Waals surface area contributed by atoms with Crippen LogP contribution in [0.15, 0.2) is 40.9 Å². The second-order valence-electron chi connectivity index (χ2n) is 4.29. The van der Waals surface area contributed by atoms with Crippen LogP contribution in [-0.4, -0.2) is 15.1 Å². The number of anilines is 1. The van der Waals surface area contributed by atoms with Crippen molar-refractivity contribution in [3.63, 3.8) is 0 Å². The minimum absolute atomic E-state index is 0.0407. The van der Waals surface area contributed by atoms with Gasteiger partial charge in [0.05, 0.1) is 5.56 Å². The highest BCUT2D eigenvalue weighted by Gasteiger charge is 2.17. The fraction of sp³-hybridized carbons (Fsp3) is 0.0714. The van der Waals surface area contributed by atoms with Crippen LogP contribution in [0.3, 0.4) is 0 Å². The number of hydrogen-bond acceptors (Lipinski definition) is 5.